The molecule has 0 spiro atoms. The smallest absolute Gasteiger partial charge is 0.431 e. The molecule has 1 aromatic heterocycles. The van der Waals surface area contributed by atoms with Gasteiger partial charge in [-0.15, -0.1) is 0 Å². The van der Waals surface area contributed by atoms with Crippen LogP contribution in [-0.4, -0.2) is 7.25 Å². The Morgan fingerprint density at radius 1 is 1.11 bits per heavy atom. The summed E-state index contributed by atoms with van der Waals surface area (Å²) in [5.74, 6) is 0. The first-order valence-electron chi connectivity index (χ1n) is 6.28. The van der Waals surface area contributed by atoms with E-state index in [1.165, 1.54) is 31.9 Å². The van der Waals surface area contributed by atoms with Crippen LogP contribution in [0.25, 0.3) is 0 Å². The molecule has 0 N–H and O–H groups in total. The van der Waals surface area contributed by atoms with Crippen molar-refractivity contribution < 1.29 is 21.7 Å². The minimum atomic E-state index is -6.00. The summed E-state index contributed by atoms with van der Waals surface area (Å²) in [5.41, 5.74) is 0.631. The van der Waals surface area contributed by atoms with Crippen LogP contribution in [0, 0.1) is 0 Å². The fourth-order valence-electron chi connectivity index (χ4n) is 1.50. The first-order chi connectivity index (χ1) is 8.84. The van der Waals surface area contributed by atoms with E-state index >= 15 is 0 Å². The minimum Gasteiger partial charge on any atom is -0.431 e. The molecule has 0 radical (unpaired) electrons. The van der Waals surface area contributed by atoms with Crippen molar-refractivity contribution in [2.45, 2.75) is 45.4 Å². The highest BCUT2D eigenvalue weighted by Crippen LogP contribution is 2.07. The van der Waals surface area contributed by atoms with Crippen LogP contribution in [0.5, 0.6) is 0 Å². The first-order valence-corrected chi connectivity index (χ1v) is 6.28. The van der Waals surface area contributed by atoms with Gasteiger partial charge < -0.3 is 21.7 Å². The number of aryl methyl sites for hydroxylation is 1. The Balaban J connectivity index is 0.000000555. The van der Waals surface area contributed by atoms with Gasteiger partial charge in [-0.2, -0.15) is 0 Å². The van der Waals surface area contributed by atoms with E-state index in [4.69, 9.17) is 4.42 Å². The summed E-state index contributed by atoms with van der Waals surface area (Å²) in [7, 11) is -6.00. The van der Waals surface area contributed by atoms with E-state index in [0.29, 0.717) is 0 Å². The molecule has 0 bridgehead atoms. The van der Waals surface area contributed by atoms with Gasteiger partial charge in [0.05, 0.1) is 6.26 Å². The zero-order valence-corrected chi connectivity index (χ0v) is 10.9. The maximum Gasteiger partial charge on any atom is 0.673 e. The molecule has 0 fully saturated rings. The van der Waals surface area contributed by atoms with Crippen molar-refractivity contribution in [3.63, 3.8) is 0 Å². The van der Waals surface area contributed by atoms with Gasteiger partial charge in [-0.05, 0) is 25.0 Å². The van der Waals surface area contributed by atoms with Crippen LogP contribution in [0.15, 0.2) is 27.6 Å². The third-order valence-electron chi connectivity index (χ3n) is 2.36. The zero-order chi connectivity index (χ0) is 14.7. The van der Waals surface area contributed by atoms with Gasteiger partial charge in [-0.3, -0.25) is 0 Å². The normalized spacial score (nSPS) is 10.8. The van der Waals surface area contributed by atoms with Crippen LogP contribution < -0.4 is 5.63 Å². The number of halogens is 4. The Labute approximate surface area is 109 Å². The fourth-order valence-corrected chi connectivity index (χ4v) is 1.50. The molecule has 0 atom stereocenters. The maximum atomic E-state index is 11.2. The third-order valence-corrected chi connectivity index (χ3v) is 2.36. The number of unbranched alkanes of at least 4 members (excludes halogenated alkanes) is 4. The maximum absolute atomic E-state index is 11.2. The quantitative estimate of drug-likeness (QED) is 0.438. The summed E-state index contributed by atoms with van der Waals surface area (Å²) in [5, 5.41) is 0. The molecule has 7 heteroatoms. The summed E-state index contributed by atoms with van der Waals surface area (Å²) in [6, 6.07) is 3.63. The third kappa shape index (κ3) is 13.0. The molecule has 0 aliphatic carbocycles. The summed E-state index contributed by atoms with van der Waals surface area (Å²) >= 11 is 0. The van der Waals surface area contributed by atoms with Gasteiger partial charge in [0.25, 0.3) is 0 Å². The van der Waals surface area contributed by atoms with Crippen molar-refractivity contribution in [3.05, 3.63) is 34.4 Å². The van der Waals surface area contributed by atoms with Crippen molar-refractivity contribution >= 4 is 7.25 Å². The highest BCUT2D eigenvalue weighted by atomic mass is 19.5. The van der Waals surface area contributed by atoms with Crippen LogP contribution in [0.3, 0.4) is 0 Å². The van der Waals surface area contributed by atoms with Crippen molar-refractivity contribution in [1.29, 1.82) is 0 Å². The second kappa shape index (κ2) is 9.64. The van der Waals surface area contributed by atoms with E-state index in [1.807, 2.05) is 6.07 Å². The van der Waals surface area contributed by atoms with Crippen molar-refractivity contribution in [3.8, 4) is 0 Å². The molecule has 1 rings (SSSR count). The molecule has 110 valence electrons. The van der Waals surface area contributed by atoms with E-state index in [-0.39, 0.29) is 5.63 Å². The fraction of sp³-hybridized carbons (Fsp3) is 0.583. The number of hydrogen-bond donors (Lipinski definition) is 0. The van der Waals surface area contributed by atoms with E-state index in [1.54, 1.807) is 6.07 Å². The molecule has 0 aliphatic heterocycles. The van der Waals surface area contributed by atoms with Gasteiger partial charge in [-0.1, -0.05) is 32.6 Å². The Morgan fingerprint density at radius 2 is 1.68 bits per heavy atom. The Hall–Kier alpha value is -1.27. The van der Waals surface area contributed by atoms with Gasteiger partial charge in [-0.25, -0.2) is 4.79 Å². The lowest BCUT2D eigenvalue weighted by molar-refractivity contribution is 0.368. The Kier molecular flexibility index (Phi) is 9.00. The predicted molar refractivity (Wildman–Crippen MR) is 67.6 cm³/mol. The van der Waals surface area contributed by atoms with E-state index in [0.717, 1.165) is 18.4 Å². The SMILES string of the molecule is CCCCCCCc1cccoc1=O.F[B-](F)(F)F. The second-order valence-electron chi connectivity index (χ2n) is 4.08. The highest BCUT2D eigenvalue weighted by Gasteiger charge is 2.20. The lowest BCUT2D eigenvalue weighted by Crippen LogP contribution is -2.05. The molecular weight excluding hydrogens is 263 g/mol. The zero-order valence-electron chi connectivity index (χ0n) is 10.9. The van der Waals surface area contributed by atoms with Crippen LogP contribution in [0.4, 0.5) is 17.3 Å². The van der Waals surface area contributed by atoms with Gasteiger partial charge in [0.2, 0.25) is 0 Å². The molecule has 0 aliphatic rings. The van der Waals surface area contributed by atoms with E-state index in [9.17, 15) is 22.1 Å². The predicted octanol–water partition coefficient (Wildman–Crippen LogP) is 4.45. The molecule has 2 nitrogen and oxygen atoms in total. The van der Waals surface area contributed by atoms with Crippen LogP contribution in [-0.2, 0) is 6.42 Å². The van der Waals surface area contributed by atoms with Crippen molar-refractivity contribution in [1.82, 2.24) is 0 Å². The standard InChI is InChI=1S/C12H18O2.BF4/c1-2-3-4-5-6-8-11-9-7-10-14-12(11)13;2-1(3,4)5/h7,9-10H,2-6,8H2,1H3;/q;-1. The van der Waals surface area contributed by atoms with Crippen LogP contribution >= 0.6 is 0 Å². The van der Waals surface area contributed by atoms with Crippen molar-refractivity contribution in [2.75, 3.05) is 0 Å². The Bertz CT molecular complexity index is 384. The van der Waals surface area contributed by atoms with Crippen molar-refractivity contribution in [2.24, 2.45) is 0 Å². The lowest BCUT2D eigenvalue weighted by atomic mass is 10.1. The first kappa shape index (κ1) is 17.7. The van der Waals surface area contributed by atoms with E-state index in [2.05, 4.69) is 6.92 Å². The van der Waals surface area contributed by atoms with Crippen LogP contribution in [0.1, 0.15) is 44.6 Å². The molecule has 0 unspecified atom stereocenters. The highest BCUT2D eigenvalue weighted by molar-refractivity contribution is 6.50. The number of rotatable bonds is 6. The monoisotopic (exact) mass is 281 g/mol. The summed E-state index contributed by atoms with van der Waals surface area (Å²) in [4.78, 5) is 11.2. The lowest BCUT2D eigenvalue weighted by Gasteiger charge is -1.99. The summed E-state index contributed by atoms with van der Waals surface area (Å²) < 4.78 is 43.8. The van der Waals surface area contributed by atoms with Crippen LogP contribution in [0.2, 0.25) is 0 Å². The largest absolute Gasteiger partial charge is 0.673 e. The molecule has 0 saturated carbocycles. The summed E-state index contributed by atoms with van der Waals surface area (Å²) in [6.07, 6.45) is 8.41. The van der Waals surface area contributed by atoms with E-state index < -0.39 is 7.25 Å². The average molecular weight is 281 g/mol. The molecule has 19 heavy (non-hydrogen) atoms. The van der Waals surface area contributed by atoms with Gasteiger partial charge in [0.1, 0.15) is 0 Å². The molecular formula is C12H18BF4O2-. The minimum absolute atomic E-state index is 0.178. The topological polar surface area (TPSA) is 30.2 Å². The second-order valence-corrected chi connectivity index (χ2v) is 4.08. The molecule has 0 amide bonds. The number of hydrogen-bond acceptors (Lipinski definition) is 2. The summed E-state index contributed by atoms with van der Waals surface area (Å²) in [6.45, 7) is 2.20. The molecule has 0 aromatic carbocycles. The van der Waals surface area contributed by atoms with Gasteiger partial charge >= 0.3 is 12.9 Å². The molecule has 0 saturated heterocycles. The van der Waals surface area contributed by atoms with Gasteiger partial charge in [0.15, 0.2) is 0 Å². The van der Waals surface area contributed by atoms with Gasteiger partial charge in [0, 0.05) is 5.56 Å². The Morgan fingerprint density at radius 3 is 2.21 bits per heavy atom. The molecule has 1 aromatic rings. The average Bonchev–Trinajstić information content (AvgIpc) is 2.29. The molecule has 1 heterocycles.